The van der Waals surface area contributed by atoms with Crippen LogP contribution in [0.4, 0.5) is 0 Å². The van der Waals surface area contributed by atoms with Gasteiger partial charge < -0.3 is 4.74 Å². The summed E-state index contributed by atoms with van der Waals surface area (Å²) in [6.45, 7) is 1.50. The largest absolute Gasteiger partial charge is 0.381 e. The molecule has 0 amide bonds. The van der Waals surface area contributed by atoms with Crippen LogP contribution in [0.15, 0.2) is 0 Å². The van der Waals surface area contributed by atoms with Crippen LogP contribution in [0.25, 0.3) is 0 Å². The zero-order chi connectivity index (χ0) is 19.0. The molecule has 0 radical (unpaired) electrons. The second kappa shape index (κ2) is 14.9. The van der Waals surface area contributed by atoms with E-state index < -0.39 is 20.2 Å². The van der Waals surface area contributed by atoms with Gasteiger partial charge in [-0.25, -0.2) is 0 Å². The zero-order valence-corrected chi connectivity index (χ0v) is 16.7. The van der Waals surface area contributed by atoms with E-state index in [9.17, 15) is 16.8 Å². The molecule has 0 aliphatic carbocycles. The van der Waals surface area contributed by atoms with Gasteiger partial charge in [0.15, 0.2) is 0 Å². The van der Waals surface area contributed by atoms with E-state index in [1.165, 1.54) is 0 Å². The maximum absolute atomic E-state index is 10.5. The molecule has 0 atom stereocenters. The third-order valence-electron chi connectivity index (χ3n) is 3.88. The van der Waals surface area contributed by atoms with Crippen LogP contribution in [0, 0.1) is 0 Å². The van der Waals surface area contributed by atoms with Crippen LogP contribution >= 0.6 is 0 Å². The van der Waals surface area contributed by atoms with Crippen LogP contribution in [0.3, 0.4) is 0 Å². The Morgan fingerprint density at radius 3 is 1.08 bits per heavy atom. The van der Waals surface area contributed by atoms with Crippen LogP contribution < -0.4 is 0 Å². The van der Waals surface area contributed by atoms with Gasteiger partial charge in [-0.05, 0) is 25.7 Å². The minimum atomic E-state index is -3.80. The molecular weight excluding hydrogens is 368 g/mol. The van der Waals surface area contributed by atoms with E-state index in [2.05, 4.69) is 0 Å². The van der Waals surface area contributed by atoms with Crippen molar-refractivity contribution < 1.29 is 30.7 Å². The quantitative estimate of drug-likeness (QED) is 0.266. The molecule has 0 fully saturated rings. The molecule has 0 heterocycles. The topological polar surface area (TPSA) is 118 Å². The van der Waals surface area contributed by atoms with Crippen molar-refractivity contribution in [3.05, 3.63) is 0 Å². The first-order valence-electron chi connectivity index (χ1n) is 9.19. The van der Waals surface area contributed by atoms with Crippen molar-refractivity contribution in [1.82, 2.24) is 0 Å². The third kappa shape index (κ3) is 23.8. The summed E-state index contributed by atoms with van der Waals surface area (Å²) in [4.78, 5) is 0. The van der Waals surface area contributed by atoms with Gasteiger partial charge in [-0.15, -0.1) is 0 Å². The Morgan fingerprint density at radius 2 is 0.760 bits per heavy atom. The van der Waals surface area contributed by atoms with Crippen LogP contribution in [0.1, 0.15) is 77.0 Å². The molecule has 0 aromatic heterocycles. The van der Waals surface area contributed by atoms with E-state index in [0.717, 1.165) is 77.4 Å². The van der Waals surface area contributed by atoms with Gasteiger partial charge in [0.25, 0.3) is 20.2 Å². The Kier molecular flexibility index (Phi) is 14.8. The molecule has 152 valence electrons. The summed E-state index contributed by atoms with van der Waals surface area (Å²) >= 11 is 0. The molecule has 9 heteroatoms. The van der Waals surface area contributed by atoms with Gasteiger partial charge in [-0.3, -0.25) is 9.11 Å². The molecule has 0 aliphatic rings. The lowest BCUT2D eigenvalue weighted by atomic mass is 10.1. The molecular formula is C16H34O7S2. The van der Waals surface area contributed by atoms with E-state index in [4.69, 9.17) is 13.8 Å². The molecule has 0 aromatic carbocycles. The first kappa shape index (κ1) is 24.8. The smallest absolute Gasteiger partial charge is 0.264 e. The van der Waals surface area contributed by atoms with Gasteiger partial charge >= 0.3 is 0 Å². The SMILES string of the molecule is O=S(=O)(O)CCCCCCCCOCCCCCCCCS(=O)(=O)O. The van der Waals surface area contributed by atoms with Crippen molar-refractivity contribution in [3.8, 4) is 0 Å². The first-order valence-corrected chi connectivity index (χ1v) is 12.4. The van der Waals surface area contributed by atoms with Crippen LogP contribution in [0.2, 0.25) is 0 Å². The molecule has 0 aliphatic heterocycles. The number of unbranched alkanes of at least 4 members (excludes halogenated alkanes) is 10. The van der Waals surface area contributed by atoms with E-state index in [-0.39, 0.29) is 11.5 Å². The lowest BCUT2D eigenvalue weighted by Gasteiger charge is -2.05. The van der Waals surface area contributed by atoms with Crippen molar-refractivity contribution in [2.24, 2.45) is 0 Å². The predicted octanol–water partition coefficient (Wildman–Crippen LogP) is 3.46. The molecule has 0 saturated heterocycles. The number of rotatable bonds is 18. The lowest BCUT2D eigenvalue weighted by Crippen LogP contribution is -2.03. The van der Waals surface area contributed by atoms with Crippen LogP contribution in [-0.4, -0.2) is 50.7 Å². The lowest BCUT2D eigenvalue weighted by molar-refractivity contribution is 0.125. The highest BCUT2D eigenvalue weighted by molar-refractivity contribution is 7.86. The van der Waals surface area contributed by atoms with Gasteiger partial charge in [-0.2, -0.15) is 16.8 Å². The molecule has 0 spiro atoms. The highest BCUT2D eigenvalue weighted by atomic mass is 32.2. The molecule has 2 N–H and O–H groups in total. The van der Waals surface area contributed by atoms with Crippen molar-refractivity contribution >= 4 is 20.2 Å². The second-order valence-electron chi connectivity index (χ2n) is 6.43. The normalized spacial score (nSPS) is 12.6. The summed E-state index contributed by atoms with van der Waals surface area (Å²) in [6.07, 6.45) is 10.9. The van der Waals surface area contributed by atoms with Gasteiger partial charge in [0, 0.05) is 13.2 Å². The second-order valence-corrected chi connectivity index (χ2v) is 9.57. The monoisotopic (exact) mass is 402 g/mol. The summed E-state index contributed by atoms with van der Waals surface area (Å²) in [5, 5.41) is 0. The standard InChI is InChI=1S/C16H34O7S2/c17-24(18,19)15-11-7-3-1-5-9-13-23-14-10-6-2-4-8-12-16-25(20,21)22/h1-16H2,(H,17,18,19)(H,20,21,22). The molecule has 0 bridgehead atoms. The highest BCUT2D eigenvalue weighted by Gasteiger charge is 2.03. The fraction of sp³-hybridized carbons (Fsp3) is 1.00. The minimum Gasteiger partial charge on any atom is -0.381 e. The molecule has 0 rings (SSSR count). The molecule has 25 heavy (non-hydrogen) atoms. The van der Waals surface area contributed by atoms with E-state index in [0.29, 0.717) is 12.8 Å². The molecule has 7 nitrogen and oxygen atoms in total. The van der Waals surface area contributed by atoms with E-state index >= 15 is 0 Å². The first-order chi connectivity index (χ1) is 11.7. The fourth-order valence-corrected chi connectivity index (χ4v) is 3.63. The minimum absolute atomic E-state index is 0.142. The summed E-state index contributed by atoms with van der Waals surface area (Å²) in [6, 6.07) is 0. The number of ether oxygens (including phenoxy) is 1. The summed E-state index contributed by atoms with van der Waals surface area (Å²) < 4.78 is 64.8. The molecule has 0 saturated carbocycles. The summed E-state index contributed by atoms with van der Waals surface area (Å²) in [5.41, 5.74) is 0. The number of hydrogen-bond donors (Lipinski definition) is 2. The average molecular weight is 403 g/mol. The van der Waals surface area contributed by atoms with Crippen LogP contribution in [-0.2, 0) is 25.0 Å². The third-order valence-corrected chi connectivity index (χ3v) is 5.49. The summed E-state index contributed by atoms with van der Waals surface area (Å²) in [5.74, 6) is -0.284. The average Bonchev–Trinajstić information content (AvgIpc) is 2.48. The van der Waals surface area contributed by atoms with Crippen molar-refractivity contribution in [2.45, 2.75) is 77.0 Å². The predicted molar refractivity (Wildman–Crippen MR) is 99.1 cm³/mol. The van der Waals surface area contributed by atoms with Gasteiger partial charge in [0.1, 0.15) is 0 Å². The Bertz CT molecular complexity index is 455. The Hall–Kier alpha value is -0.220. The van der Waals surface area contributed by atoms with E-state index in [1.54, 1.807) is 0 Å². The summed E-state index contributed by atoms with van der Waals surface area (Å²) in [7, 11) is -7.61. The maximum atomic E-state index is 10.5. The van der Waals surface area contributed by atoms with Crippen molar-refractivity contribution in [2.75, 3.05) is 24.7 Å². The Morgan fingerprint density at radius 1 is 0.480 bits per heavy atom. The van der Waals surface area contributed by atoms with Crippen molar-refractivity contribution in [1.29, 1.82) is 0 Å². The van der Waals surface area contributed by atoms with Crippen LogP contribution in [0.5, 0.6) is 0 Å². The Balaban J connectivity index is 3.12. The molecule has 0 unspecified atom stereocenters. The van der Waals surface area contributed by atoms with Gasteiger partial charge in [0.2, 0.25) is 0 Å². The van der Waals surface area contributed by atoms with Crippen molar-refractivity contribution in [3.63, 3.8) is 0 Å². The van der Waals surface area contributed by atoms with E-state index in [1.807, 2.05) is 0 Å². The molecule has 0 aromatic rings. The Labute approximate surface area is 153 Å². The number of hydrogen-bond acceptors (Lipinski definition) is 5. The fourth-order valence-electron chi connectivity index (χ4n) is 2.49. The maximum Gasteiger partial charge on any atom is 0.264 e. The highest BCUT2D eigenvalue weighted by Crippen LogP contribution is 2.08. The van der Waals surface area contributed by atoms with Gasteiger partial charge in [-0.1, -0.05) is 51.4 Å². The zero-order valence-electron chi connectivity index (χ0n) is 15.1. The van der Waals surface area contributed by atoms with Gasteiger partial charge in [0.05, 0.1) is 11.5 Å².